The molecule has 0 spiro atoms. The van der Waals surface area contributed by atoms with Crippen LogP contribution in [0.15, 0.2) is 24.3 Å². The van der Waals surface area contributed by atoms with Crippen LogP contribution in [-0.2, 0) is 69.2 Å². The number of hydrogen-bond acceptors (Lipinski definition) is 11. The van der Waals surface area contributed by atoms with Crippen LogP contribution in [0.5, 0.6) is 0 Å². The summed E-state index contributed by atoms with van der Waals surface area (Å²) in [6.45, 7) is 8.13. The fourth-order valence-electron chi connectivity index (χ4n) is 7.22. The molecule has 13 nitrogen and oxygen atoms in total. The van der Waals surface area contributed by atoms with Gasteiger partial charge in [-0.3, -0.25) is 24.2 Å². The van der Waals surface area contributed by atoms with Crippen molar-refractivity contribution in [1.29, 1.82) is 0 Å². The molecule has 1 atom stereocenters. The number of allylic oxidation sites excluding steroid dienone is 2. The topological polar surface area (TPSA) is 183 Å². The predicted octanol–water partition coefficient (Wildman–Crippen LogP) is 5.35. The lowest BCUT2D eigenvalue weighted by atomic mass is 9.75. The fraction of sp³-hybridized carbons (Fsp3) is 0.450. The van der Waals surface area contributed by atoms with E-state index in [2.05, 4.69) is 23.8 Å². The van der Waals surface area contributed by atoms with Crippen molar-refractivity contribution in [2.45, 2.75) is 84.0 Å². The van der Waals surface area contributed by atoms with E-state index in [0.717, 1.165) is 28.2 Å². The van der Waals surface area contributed by atoms with Crippen LogP contribution in [0, 0.1) is 0 Å². The number of aromatic nitrogens is 4. The van der Waals surface area contributed by atoms with Crippen LogP contribution < -0.4 is 0 Å². The van der Waals surface area contributed by atoms with Gasteiger partial charge < -0.3 is 34.0 Å². The molecule has 53 heavy (non-hydrogen) atoms. The monoisotopic (exact) mass is 728 g/mol. The van der Waals surface area contributed by atoms with Gasteiger partial charge in [0.2, 0.25) is 0 Å². The highest BCUT2D eigenvalue weighted by Crippen LogP contribution is 2.45. The van der Waals surface area contributed by atoms with Crippen molar-refractivity contribution in [3.05, 3.63) is 69.3 Å². The van der Waals surface area contributed by atoms with Crippen molar-refractivity contribution in [3.8, 4) is 0 Å². The van der Waals surface area contributed by atoms with Crippen LogP contribution in [0.1, 0.15) is 97.9 Å². The Bertz CT molecular complexity index is 2140. The molecule has 8 bridgehead atoms. The number of methoxy groups -OCH3 is 4. The first-order valence-corrected chi connectivity index (χ1v) is 17.6. The zero-order chi connectivity index (χ0) is 38.6. The summed E-state index contributed by atoms with van der Waals surface area (Å²) >= 11 is 0. The fourth-order valence-corrected chi connectivity index (χ4v) is 7.22. The normalized spacial score (nSPS) is 14.9. The van der Waals surface area contributed by atoms with E-state index >= 15 is 0 Å². The quantitative estimate of drug-likeness (QED) is 0.161. The van der Waals surface area contributed by atoms with E-state index in [-0.39, 0.29) is 51.0 Å². The van der Waals surface area contributed by atoms with E-state index in [1.54, 1.807) is 0 Å². The Morgan fingerprint density at radius 2 is 1.11 bits per heavy atom. The van der Waals surface area contributed by atoms with Gasteiger partial charge in [-0.15, -0.1) is 0 Å². The lowest BCUT2D eigenvalue weighted by Crippen LogP contribution is -2.23. The molecule has 0 fully saturated rings. The number of carbonyl (C=O) groups excluding carboxylic acids is 4. The second kappa shape index (κ2) is 16.2. The number of ether oxygens (including phenoxy) is 4. The highest BCUT2D eigenvalue weighted by Gasteiger charge is 2.39. The number of aryl methyl sites for hydroxylation is 2. The van der Waals surface area contributed by atoms with Crippen LogP contribution in [0.3, 0.4) is 0 Å². The van der Waals surface area contributed by atoms with E-state index in [1.165, 1.54) is 28.4 Å². The van der Waals surface area contributed by atoms with Gasteiger partial charge in [-0.1, -0.05) is 13.8 Å². The molecule has 2 aliphatic heterocycles. The van der Waals surface area contributed by atoms with Gasteiger partial charge in [0.15, 0.2) is 0 Å². The average Bonchev–Trinajstić information content (AvgIpc) is 3.78. The average molecular weight is 729 g/mol. The Balaban J connectivity index is 2.01. The smallest absolute Gasteiger partial charge is 0.310 e. The van der Waals surface area contributed by atoms with Crippen molar-refractivity contribution in [1.82, 2.24) is 19.9 Å². The number of fused-ring (bicyclic) bond motifs is 8. The van der Waals surface area contributed by atoms with Crippen molar-refractivity contribution < 1.29 is 43.2 Å². The zero-order valence-corrected chi connectivity index (χ0v) is 31.7. The molecule has 0 aliphatic carbocycles. The van der Waals surface area contributed by atoms with E-state index in [9.17, 15) is 24.3 Å². The number of H-pyrrole nitrogens is 2. The summed E-state index contributed by atoms with van der Waals surface area (Å²) < 4.78 is 20.2. The third kappa shape index (κ3) is 8.04. The first-order valence-electron chi connectivity index (χ1n) is 17.6. The molecular formula is C40H48N4O9. The predicted molar refractivity (Wildman–Crippen MR) is 199 cm³/mol. The molecule has 1 unspecified atom stereocenters. The molecule has 282 valence electrons. The number of nitrogens with one attached hydrogen (secondary N) is 2. The number of aliphatic hydroxyl groups is 1. The summed E-state index contributed by atoms with van der Waals surface area (Å²) in [6, 6.07) is 7.65. The summed E-state index contributed by atoms with van der Waals surface area (Å²) in [5, 5.41) is 10.2. The third-order valence-corrected chi connectivity index (χ3v) is 10.5. The molecule has 0 saturated carbocycles. The van der Waals surface area contributed by atoms with Crippen LogP contribution in [-0.4, -0.2) is 84.0 Å². The molecule has 0 aromatic carbocycles. The second-order valence-corrected chi connectivity index (χ2v) is 13.9. The minimum Gasteiger partial charge on any atom is -0.469 e. The van der Waals surface area contributed by atoms with Crippen LogP contribution in [0.2, 0.25) is 0 Å². The largest absolute Gasteiger partial charge is 0.469 e. The molecule has 0 amide bonds. The maximum absolute atomic E-state index is 12.9. The maximum Gasteiger partial charge on any atom is 0.310 e. The number of hydrogen-bond donors (Lipinski definition) is 3. The van der Waals surface area contributed by atoms with Gasteiger partial charge in [-0.2, -0.15) is 0 Å². The van der Waals surface area contributed by atoms with Crippen molar-refractivity contribution >= 4 is 57.1 Å². The Kier molecular flexibility index (Phi) is 11.9. The summed E-state index contributed by atoms with van der Waals surface area (Å²) in [5.41, 5.74) is 9.42. The number of esters is 4. The molecule has 0 radical (unpaired) electrons. The molecule has 3 aromatic rings. The third-order valence-electron chi connectivity index (χ3n) is 10.5. The van der Waals surface area contributed by atoms with E-state index in [4.69, 9.17) is 28.9 Å². The number of aromatic amines is 2. The van der Waals surface area contributed by atoms with Gasteiger partial charge in [0.1, 0.15) is 0 Å². The second-order valence-electron chi connectivity index (χ2n) is 13.9. The number of rotatable bonds is 12. The van der Waals surface area contributed by atoms with Crippen molar-refractivity contribution in [3.63, 3.8) is 0 Å². The standard InChI is InChI=1S/C40H48N4O9/c1-21-22(2)29-20-35-40(3,4)27(13-14-45)34(44-35)19-33-26(16-39(49)53-8)24(10-12-37(47)51-6)31(43-33)18-30-23(9-11-36(46)50-5)25(15-38(48)52-7)32(42-30)17-28(21)41-29/h17-20,27,42-43,45H,9-16H2,1-8H3. The molecule has 2 aliphatic rings. The molecule has 0 saturated heterocycles. The van der Waals surface area contributed by atoms with Gasteiger partial charge in [0.05, 0.1) is 52.7 Å². The highest BCUT2D eigenvalue weighted by atomic mass is 16.5. The Morgan fingerprint density at radius 3 is 1.58 bits per heavy atom. The first-order chi connectivity index (χ1) is 25.2. The number of nitrogens with zero attached hydrogens (tertiary/aromatic N) is 2. The van der Waals surface area contributed by atoms with Gasteiger partial charge in [-0.05, 0) is 90.8 Å². The Morgan fingerprint density at radius 1 is 0.660 bits per heavy atom. The number of carbonyl (C=O) groups is 4. The summed E-state index contributed by atoms with van der Waals surface area (Å²) in [7, 11) is 5.28. The minimum absolute atomic E-state index is 0.0345. The van der Waals surface area contributed by atoms with Crippen LogP contribution in [0.4, 0.5) is 0 Å². The van der Waals surface area contributed by atoms with Gasteiger partial charge in [0, 0.05) is 64.2 Å². The van der Waals surface area contributed by atoms with Gasteiger partial charge in [0.25, 0.3) is 0 Å². The highest BCUT2D eigenvalue weighted by molar-refractivity contribution is 5.92. The molecule has 3 N–H and O–H groups in total. The number of aliphatic hydroxyl groups excluding tert-OH is 1. The lowest BCUT2D eigenvalue weighted by Gasteiger charge is -2.26. The molecular weight excluding hydrogens is 680 g/mol. The lowest BCUT2D eigenvalue weighted by molar-refractivity contribution is -0.141. The van der Waals surface area contributed by atoms with Crippen LogP contribution in [0.25, 0.3) is 33.2 Å². The van der Waals surface area contributed by atoms with Gasteiger partial charge >= 0.3 is 23.9 Å². The summed E-state index contributed by atoms with van der Waals surface area (Å²) in [4.78, 5) is 67.9. The van der Waals surface area contributed by atoms with Crippen molar-refractivity contribution in [2.75, 3.05) is 35.0 Å². The minimum atomic E-state index is -0.486. The Labute approximate surface area is 308 Å². The molecule has 3 aromatic heterocycles. The molecule has 5 heterocycles. The molecule has 5 rings (SSSR count). The SMILES string of the molecule is COC(=O)CCc1c(CC(=O)OC)c2cc3nc(cc4nc(cc5[nH]c(cc1[nH]2)c(CCC(=O)OC)c5CC(=O)OC)C(CCO)C4(C)C)C(C)=C3C. The van der Waals surface area contributed by atoms with Crippen molar-refractivity contribution in [2.24, 2.45) is 0 Å². The van der Waals surface area contributed by atoms with Crippen LogP contribution >= 0.6 is 0 Å². The van der Waals surface area contributed by atoms with E-state index in [1.807, 2.05) is 38.1 Å². The summed E-state index contributed by atoms with van der Waals surface area (Å²) in [5.74, 6) is -1.95. The first kappa shape index (κ1) is 38.9. The van der Waals surface area contributed by atoms with E-state index < -0.39 is 29.3 Å². The molecule has 13 heteroatoms. The van der Waals surface area contributed by atoms with E-state index in [0.29, 0.717) is 56.4 Å². The Hall–Kier alpha value is -5.30. The summed E-state index contributed by atoms with van der Waals surface area (Å²) in [6.07, 6.45) is 0.808. The zero-order valence-electron chi connectivity index (χ0n) is 31.7. The van der Waals surface area contributed by atoms with Gasteiger partial charge in [-0.25, -0.2) is 4.98 Å². The maximum atomic E-state index is 12.9.